The van der Waals surface area contributed by atoms with Gasteiger partial charge in [0.05, 0.1) is 6.54 Å². The number of hydrogen-bond donors (Lipinski definition) is 4. The Hall–Kier alpha value is -1.79. The van der Waals surface area contributed by atoms with Crippen molar-refractivity contribution in [1.29, 1.82) is 0 Å². The van der Waals surface area contributed by atoms with E-state index in [0.29, 0.717) is 6.42 Å². The van der Waals surface area contributed by atoms with Gasteiger partial charge in [-0.25, -0.2) is 4.79 Å². The predicted molar refractivity (Wildman–Crippen MR) is 75.4 cm³/mol. The average molecular weight is 287 g/mol. The lowest BCUT2D eigenvalue weighted by Gasteiger charge is -2.26. The Labute approximate surface area is 119 Å². The molecular formula is C13H25N3O4. The summed E-state index contributed by atoms with van der Waals surface area (Å²) in [7, 11) is 0. The zero-order chi connectivity index (χ0) is 16.0. The van der Waals surface area contributed by atoms with Crippen LogP contribution in [0.25, 0.3) is 0 Å². The predicted octanol–water partition coefficient (Wildman–Crippen LogP) is 0.844. The fraction of sp³-hybridized carbons (Fsp3) is 0.769. The van der Waals surface area contributed by atoms with Gasteiger partial charge in [0.2, 0.25) is 5.91 Å². The van der Waals surface area contributed by atoms with Gasteiger partial charge in [0.1, 0.15) is 0 Å². The van der Waals surface area contributed by atoms with Gasteiger partial charge in [0, 0.05) is 17.5 Å². The summed E-state index contributed by atoms with van der Waals surface area (Å²) >= 11 is 0. The van der Waals surface area contributed by atoms with Crippen molar-refractivity contribution in [3.63, 3.8) is 0 Å². The van der Waals surface area contributed by atoms with Crippen LogP contribution >= 0.6 is 0 Å². The van der Waals surface area contributed by atoms with Gasteiger partial charge in [-0.2, -0.15) is 0 Å². The lowest BCUT2D eigenvalue weighted by atomic mass is 9.99. The van der Waals surface area contributed by atoms with Gasteiger partial charge in [-0.15, -0.1) is 0 Å². The minimum absolute atomic E-state index is 0.0300. The van der Waals surface area contributed by atoms with Crippen LogP contribution in [-0.4, -0.2) is 40.6 Å². The molecule has 0 aliphatic rings. The third-order valence-corrected chi connectivity index (χ3v) is 2.34. The molecule has 0 radical (unpaired) electrons. The molecule has 116 valence electrons. The third kappa shape index (κ3) is 10.2. The van der Waals surface area contributed by atoms with E-state index >= 15 is 0 Å². The largest absolute Gasteiger partial charge is 0.481 e. The highest BCUT2D eigenvalue weighted by atomic mass is 16.4. The Morgan fingerprint density at radius 1 is 1.00 bits per heavy atom. The number of carbonyl (C=O) groups excluding carboxylic acids is 2. The highest BCUT2D eigenvalue weighted by Gasteiger charge is 2.22. The molecular weight excluding hydrogens is 262 g/mol. The quantitative estimate of drug-likeness (QED) is 0.580. The second-order valence-corrected chi connectivity index (χ2v) is 6.38. The topological polar surface area (TPSA) is 108 Å². The molecule has 0 saturated carbocycles. The molecule has 0 spiro atoms. The molecule has 3 amide bonds. The fourth-order valence-electron chi connectivity index (χ4n) is 1.46. The van der Waals surface area contributed by atoms with Gasteiger partial charge in [-0.1, -0.05) is 0 Å². The van der Waals surface area contributed by atoms with Gasteiger partial charge in [-0.05, 0) is 41.0 Å². The van der Waals surface area contributed by atoms with Gasteiger partial charge in [0.15, 0.2) is 0 Å². The van der Waals surface area contributed by atoms with Gasteiger partial charge in [0.25, 0.3) is 0 Å². The molecule has 0 aliphatic heterocycles. The summed E-state index contributed by atoms with van der Waals surface area (Å²) in [6.45, 7) is 8.87. The summed E-state index contributed by atoms with van der Waals surface area (Å²) in [5.41, 5.74) is -1.00. The molecule has 0 saturated heterocycles. The first-order valence-electron chi connectivity index (χ1n) is 6.50. The number of carboxylic acid groups (broad SMARTS) is 1. The molecule has 0 aromatic heterocycles. The molecule has 0 fully saturated rings. The molecule has 0 aromatic rings. The Bertz CT molecular complexity index is 372. The maximum atomic E-state index is 11.6. The fourth-order valence-corrected chi connectivity index (χ4v) is 1.46. The maximum Gasteiger partial charge on any atom is 0.315 e. The molecule has 0 bridgehead atoms. The number of carboxylic acids is 1. The summed E-state index contributed by atoms with van der Waals surface area (Å²) in [6, 6.07) is -0.496. The monoisotopic (exact) mass is 287 g/mol. The van der Waals surface area contributed by atoms with Crippen LogP contribution in [0.2, 0.25) is 0 Å². The van der Waals surface area contributed by atoms with Crippen molar-refractivity contribution in [1.82, 2.24) is 16.0 Å². The second kappa shape index (κ2) is 7.12. The lowest BCUT2D eigenvalue weighted by Crippen LogP contribution is -2.52. The van der Waals surface area contributed by atoms with E-state index in [9.17, 15) is 14.4 Å². The smallest absolute Gasteiger partial charge is 0.315 e. The van der Waals surface area contributed by atoms with Crippen LogP contribution < -0.4 is 16.0 Å². The summed E-state index contributed by atoms with van der Waals surface area (Å²) in [6.07, 6.45) is 0.279. The van der Waals surface area contributed by atoms with E-state index in [1.807, 2.05) is 20.8 Å². The number of rotatable bonds is 6. The van der Waals surface area contributed by atoms with E-state index in [-0.39, 0.29) is 24.4 Å². The molecule has 0 aromatic carbocycles. The van der Waals surface area contributed by atoms with E-state index in [1.165, 1.54) is 0 Å². The standard InChI is InChI=1S/C13H25N3O4/c1-12(2,3)15-9(17)8-14-11(20)16-13(4,5)7-6-10(18)19/h6-8H2,1-5H3,(H,15,17)(H,18,19)(H2,14,16,20). The maximum absolute atomic E-state index is 11.6. The zero-order valence-corrected chi connectivity index (χ0v) is 12.8. The minimum Gasteiger partial charge on any atom is -0.481 e. The van der Waals surface area contributed by atoms with Crippen molar-refractivity contribution in [2.45, 2.75) is 58.5 Å². The molecule has 0 aliphatic carbocycles. The Morgan fingerprint density at radius 2 is 1.55 bits per heavy atom. The third-order valence-electron chi connectivity index (χ3n) is 2.34. The van der Waals surface area contributed by atoms with Gasteiger partial charge < -0.3 is 21.1 Å². The Kier molecular flexibility index (Phi) is 6.48. The van der Waals surface area contributed by atoms with Crippen molar-refractivity contribution in [3.8, 4) is 0 Å². The number of carbonyl (C=O) groups is 3. The van der Waals surface area contributed by atoms with Crippen LogP contribution in [0.1, 0.15) is 47.5 Å². The summed E-state index contributed by atoms with van der Waals surface area (Å²) < 4.78 is 0. The van der Waals surface area contributed by atoms with E-state index < -0.39 is 17.5 Å². The van der Waals surface area contributed by atoms with Crippen LogP contribution in [0.15, 0.2) is 0 Å². The molecule has 0 heterocycles. The Balaban J connectivity index is 4.10. The molecule has 0 rings (SSSR count). The first kappa shape index (κ1) is 18.2. The zero-order valence-electron chi connectivity index (χ0n) is 12.8. The molecule has 0 unspecified atom stereocenters. The SMILES string of the molecule is CC(C)(C)NC(=O)CNC(=O)NC(C)(C)CCC(=O)O. The lowest BCUT2D eigenvalue weighted by molar-refractivity contribution is -0.137. The number of hydrogen-bond acceptors (Lipinski definition) is 3. The van der Waals surface area contributed by atoms with E-state index in [2.05, 4.69) is 16.0 Å². The van der Waals surface area contributed by atoms with Gasteiger partial charge in [-0.3, -0.25) is 9.59 Å². The van der Waals surface area contributed by atoms with Crippen LogP contribution in [0.4, 0.5) is 4.79 Å². The van der Waals surface area contributed by atoms with Crippen LogP contribution in [0.5, 0.6) is 0 Å². The van der Waals surface area contributed by atoms with E-state index in [4.69, 9.17) is 5.11 Å². The summed E-state index contributed by atoms with van der Waals surface area (Å²) in [5.74, 6) is -1.19. The van der Waals surface area contributed by atoms with Crippen molar-refractivity contribution >= 4 is 17.9 Å². The molecule has 7 nitrogen and oxygen atoms in total. The van der Waals surface area contributed by atoms with Crippen LogP contribution in [0, 0.1) is 0 Å². The molecule has 20 heavy (non-hydrogen) atoms. The normalized spacial score (nSPS) is 11.7. The highest BCUT2D eigenvalue weighted by Crippen LogP contribution is 2.10. The van der Waals surface area contributed by atoms with Crippen molar-refractivity contribution in [2.24, 2.45) is 0 Å². The molecule has 7 heteroatoms. The van der Waals surface area contributed by atoms with Crippen molar-refractivity contribution in [3.05, 3.63) is 0 Å². The second-order valence-electron chi connectivity index (χ2n) is 6.38. The van der Waals surface area contributed by atoms with Crippen LogP contribution in [-0.2, 0) is 9.59 Å². The first-order valence-corrected chi connectivity index (χ1v) is 6.50. The number of urea groups is 1. The Morgan fingerprint density at radius 3 is 2.00 bits per heavy atom. The van der Waals surface area contributed by atoms with Crippen molar-refractivity contribution < 1.29 is 19.5 Å². The van der Waals surface area contributed by atoms with Gasteiger partial charge >= 0.3 is 12.0 Å². The number of nitrogens with one attached hydrogen (secondary N) is 3. The van der Waals surface area contributed by atoms with E-state index in [1.54, 1.807) is 13.8 Å². The van der Waals surface area contributed by atoms with Crippen molar-refractivity contribution in [2.75, 3.05) is 6.54 Å². The van der Waals surface area contributed by atoms with Crippen LogP contribution in [0.3, 0.4) is 0 Å². The number of aliphatic carboxylic acids is 1. The highest BCUT2D eigenvalue weighted by molar-refractivity contribution is 5.84. The molecule has 4 N–H and O–H groups in total. The average Bonchev–Trinajstić information content (AvgIpc) is 2.21. The summed E-state index contributed by atoms with van der Waals surface area (Å²) in [5, 5.41) is 16.4. The first-order chi connectivity index (χ1) is 8.91. The summed E-state index contributed by atoms with van der Waals surface area (Å²) in [4.78, 5) is 33.6. The number of amides is 3. The molecule has 0 atom stereocenters. The van der Waals surface area contributed by atoms with E-state index in [0.717, 1.165) is 0 Å². The minimum atomic E-state index is -0.912.